The second-order valence-electron chi connectivity index (χ2n) is 3.20. The number of aliphatic hydroxyl groups is 1. The fourth-order valence-electron chi connectivity index (χ4n) is 1.40. The summed E-state index contributed by atoms with van der Waals surface area (Å²) < 4.78 is 47.8. The van der Waals surface area contributed by atoms with Gasteiger partial charge >= 0.3 is 6.18 Å². The Morgan fingerprint density at radius 2 is 1.88 bits per heavy atom. The molecule has 2 aromatic heterocycles. The predicted octanol–water partition coefficient (Wildman–Crippen LogP) is 2.67. The van der Waals surface area contributed by atoms with E-state index in [1.54, 1.807) is 0 Å². The van der Waals surface area contributed by atoms with Gasteiger partial charge < -0.3 is 13.9 Å². The molecule has 2 heterocycles. The monoisotopic (exact) mass is 232 g/mol. The molecule has 0 saturated carbocycles. The first-order valence-electron chi connectivity index (χ1n) is 4.32. The van der Waals surface area contributed by atoms with E-state index in [0.29, 0.717) is 0 Å². The maximum absolute atomic E-state index is 12.9. The van der Waals surface area contributed by atoms with Crippen LogP contribution in [-0.4, -0.2) is 11.3 Å². The summed E-state index contributed by atoms with van der Waals surface area (Å²) in [6.07, 6.45) is -1.95. The number of alkyl halides is 3. The molecule has 1 atom stereocenters. The predicted molar refractivity (Wildman–Crippen MR) is 46.5 cm³/mol. The lowest BCUT2D eigenvalue weighted by Gasteiger charge is -2.27. The van der Waals surface area contributed by atoms with Gasteiger partial charge in [0.25, 0.3) is 0 Å². The molecule has 2 rings (SSSR count). The van der Waals surface area contributed by atoms with Gasteiger partial charge in [0.2, 0.25) is 5.60 Å². The summed E-state index contributed by atoms with van der Waals surface area (Å²) in [6, 6.07) is 3.36. The number of hydrogen-bond acceptors (Lipinski definition) is 3. The third-order valence-corrected chi connectivity index (χ3v) is 2.23. The SMILES string of the molecule is OC(c1ccoc1)(c1ccco1)C(F)(F)F. The van der Waals surface area contributed by atoms with Crippen LogP contribution in [0, 0.1) is 0 Å². The van der Waals surface area contributed by atoms with Crippen molar-refractivity contribution in [3.63, 3.8) is 0 Å². The Kier molecular flexibility index (Phi) is 2.31. The third-order valence-electron chi connectivity index (χ3n) is 2.23. The molecule has 0 aliphatic carbocycles. The number of rotatable bonds is 2. The van der Waals surface area contributed by atoms with Gasteiger partial charge in [-0.25, -0.2) is 0 Å². The zero-order chi connectivity index (χ0) is 11.8. The summed E-state index contributed by atoms with van der Waals surface area (Å²) in [5.41, 5.74) is -3.60. The molecule has 0 amide bonds. The van der Waals surface area contributed by atoms with E-state index < -0.39 is 23.1 Å². The van der Waals surface area contributed by atoms with E-state index in [1.807, 2.05) is 0 Å². The summed E-state index contributed by atoms with van der Waals surface area (Å²) in [6.45, 7) is 0. The maximum Gasteiger partial charge on any atom is 0.429 e. The molecule has 0 spiro atoms. The highest BCUT2D eigenvalue weighted by atomic mass is 19.4. The van der Waals surface area contributed by atoms with Crippen molar-refractivity contribution >= 4 is 0 Å². The van der Waals surface area contributed by atoms with Crippen LogP contribution in [0.25, 0.3) is 0 Å². The molecule has 0 bridgehead atoms. The highest BCUT2D eigenvalue weighted by Gasteiger charge is 2.59. The van der Waals surface area contributed by atoms with Crippen molar-refractivity contribution in [3.05, 3.63) is 48.3 Å². The molecule has 0 aliphatic rings. The van der Waals surface area contributed by atoms with Crippen LogP contribution in [0.1, 0.15) is 11.3 Å². The van der Waals surface area contributed by atoms with Crippen molar-refractivity contribution in [2.45, 2.75) is 11.8 Å². The second kappa shape index (κ2) is 3.41. The molecule has 2 aromatic rings. The minimum absolute atomic E-state index is 0.421. The van der Waals surface area contributed by atoms with Crippen molar-refractivity contribution in [1.29, 1.82) is 0 Å². The first kappa shape index (κ1) is 10.8. The van der Waals surface area contributed by atoms with Gasteiger partial charge in [-0.3, -0.25) is 0 Å². The lowest BCUT2D eigenvalue weighted by Crippen LogP contribution is -2.42. The number of furan rings is 2. The van der Waals surface area contributed by atoms with Crippen molar-refractivity contribution in [2.24, 2.45) is 0 Å². The van der Waals surface area contributed by atoms with E-state index >= 15 is 0 Å². The molecule has 0 saturated heterocycles. The smallest absolute Gasteiger partial charge is 0.429 e. The molecule has 0 aliphatic heterocycles. The molecular formula is C10H7F3O3. The summed E-state index contributed by atoms with van der Waals surface area (Å²) in [4.78, 5) is 0. The molecule has 1 N–H and O–H groups in total. The molecule has 1 unspecified atom stereocenters. The number of hydrogen-bond donors (Lipinski definition) is 1. The summed E-state index contributed by atoms with van der Waals surface area (Å²) >= 11 is 0. The Bertz CT molecular complexity index is 408. The number of halogens is 3. The van der Waals surface area contributed by atoms with E-state index in [2.05, 4.69) is 8.83 Å². The highest BCUT2D eigenvalue weighted by molar-refractivity contribution is 5.30. The van der Waals surface area contributed by atoms with Crippen LogP contribution >= 0.6 is 0 Å². The van der Waals surface area contributed by atoms with E-state index in [1.165, 1.54) is 6.07 Å². The Labute approximate surface area is 88.1 Å². The normalized spacial score (nSPS) is 16.0. The van der Waals surface area contributed by atoms with E-state index in [-0.39, 0.29) is 0 Å². The van der Waals surface area contributed by atoms with Crippen LogP contribution in [-0.2, 0) is 5.60 Å². The van der Waals surface area contributed by atoms with Gasteiger partial charge in [0.15, 0.2) is 0 Å². The van der Waals surface area contributed by atoms with Gasteiger partial charge in [-0.2, -0.15) is 13.2 Å². The standard InChI is InChI=1S/C10H7F3O3/c11-10(12,13)9(14,7-3-5-15-6-7)8-2-1-4-16-8/h1-6,14H. The highest BCUT2D eigenvalue weighted by Crippen LogP contribution is 2.44. The molecule has 0 aromatic carbocycles. The molecule has 3 nitrogen and oxygen atoms in total. The molecular weight excluding hydrogens is 225 g/mol. The molecule has 0 radical (unpaired) electrons. The van der Waals surface area contributed by atoms with Gasteiger partial charge in [0.1, 0.15) is 5.76 Å². The molecule has 0 fully saturated rings. The first-order chi connectivity index (χ1) is 7.46. The largest absolute Gasteiger partial charge is 0.472 e. The summed E-state index contributed by atoms with van der Waals surface area (Å²) in [5, 5.41) is 9.79. The van der Waals surface area contributed by atoms with Crippen LogP contribution in [0.3, 0.4) is 0 Å². The zero-order valence-corrected chi connectivity index (χ0v) is 7.86. The van der Waals surface area contributed by atoms with Crippen molar-refractivity contribution in [2.75, 3.05) is 0 Å². The van der Waals surface area contributed by atoms with Crippen LogP contribution in [0.2, 0.25) is 0 Å². The van der Waals surface area contributed by atoms with Gasteiger partial charge in [-0.1, -0.05) is 0 Å². The average molecular weight is 232 g/mol. The molecule has 16 heavy (non-hydrogen) atoms. The lowest BCUT2D eigenvalue weighted by molar-refractivity contribution is -0.254. The third kappa shape index (κ3) is 1.42. The van der Waals surface area contributed by atoms with Gasteiger partial charge in [-0.05, 0) is 18.2 Å². The van der Waals surface area contributed by atoms with Gasteiger partial charge in [-0.15, -0.1) is 0 Å². The maximum atomic E-state index is 12.9. The summed E-state index contributed by atoms with van der Waals surface area (Å²) in [7, 11) is 0. The van der Waals surface area contributed by atoms with Crippen LogP contribution < -0.4 is 0 Å². The minimum atomic E-state index is -4.89. The Balaban J connectivity index is 2.59. The Hall–Kier alpha value is -1.69. The lowest BCUT2D eigenvalue weighted by atomic mass is 9.93. The van der Waals surface area contributed by atoms with Gasteiger partial charge in [0.05, 0.1) is 18.8 Å². The van der Waals surface area contributed by atoms with E-state index in [9.17, 15) is 18.3 Å². The minimum Gasteiger partial charge on any atom is -0.472 e. The average Bonchev–Trinajstić information content (AvgIpc) is 2.88. The first-order valence-corrected chi connectivity index (χ1v) is 4.32. The topological polar surface area (TPSA) is 46.5 Å². The summed E-state index contributed by atoms with van der Waals surface area (Å²) in [5.74, 6) is -0.596. The van der Waals surface area contributed by atoms with Crippen molar-refractivity contribution in [1.82, 2.24) is 0 Å². The Morgan fingerprint density at radius 1 is 1.12 bits per heavy atom. The quantitative estimate of drug-likeness (QED) is 0.865. The van der Waals surface area contributed by atoms with E-state index in [4.69, 9.17) is 0 Å². The van der Waals surface area contributed by atoms with Crippen LogP contribution in [0.4, 0.5) is 13.2 Å². The Morgan fingerprint density at radius 3 is 2.31 bits per heavy atom. The molecule has 6 heteroatoms. The zero-order valence-electron chi connectivity index (χ0n) is 7.86. The van der Waals surface area contributed by atoms with Crippen molar-refractivity contribution < 1.29 is 27.1 Å². The second-order valence-corrected chi connectivity index (χ2v) is 3.20. The fraction of sp³-hybridized carbons (Fsp3) is 0.200. The van der Waals surface area contributed by atoms with E-state index in [0.717, 1.165) is 30.9 Å². The van der Waals surface area contributed by atoms with Gasteiger partial charge in [0, 0.05) is 5.56 Å². The van der Waals surface area contributed by atoms with Crippen LogP contribution in [0.5, 0.6) is 0 Å². The fourth-order valence-corrected chi connectivity index (χ4v) is 1.40. The van der Waals surface area contributed by atoms with Crippen LogP contribution in [0.15, 0.2) is 45.8 Å². The molecule has 86 valence electrons. The van der Waals surface area contributed by atoms with Crippen molar-refractivity contribution in [3.8, 4) is 0 Å².